The lowest BCUT2D eigenvalue weighted by Gasteiger charge is -2.15. The Morgan fingerprint density at radius 2 is 2.06 bits per heavy atom. The minimum Gasteiger partial charge on any atom is -0.405 e. The van der Waals surface area contributed by atoms with E-state index in [0.717, 1.165) is 12.1 Å². The monoisotopic (exact) mass is 296 g/mol. The van der Waals surface area contributed by atoms with Crippen LogP contribution in [0, 0.1) is 0 Å². The fourth-order valence-corrected chi connectivity index (χ4v) is 1.43. The molecular formula is C10H8BrF3O2. The third-order valence-corrected chi connectivity index (χ3v) is 2.24. The Hall–Kier alpha value is -1.01. The Bertz CT molecular complexity index is 390. The molecule has 88 valence electrons. The van der Waals surface area contributed by atoms with E-state index in [1.165, 1.54) is 12.1 Å². The van der Waals surface area contributed by atoms with E-state index in [9.17, 15) is 18.3 Å². The van der Waals surface area contributed by atoms with Crippen molar-refractivity contribution in [3.63, 3.8) is 0 Å². The highest BCUT2D eigenvalue weighted by Gasteiger charge is 2.32. The molecule has 0 saturated heterocycles. The Kier molecular flexibility index (Phi) is 3.98. The van der Waals surface area contributed by atoms with Gasteiger partial charge in [-0.1, -0.05) is 28.1 Å². The van der Waals surface area contributed by atoms with Gasteiger partial charge in [-0.15, -0.1) is 19.8 Å². The van der Waals surface area contributed by atoms with Gasteiger partial charge in [0, 0.05) is 10.0 Å². The van der Waals surface area contributed by atoms with Crippen LogP contribution in [0.25, 0.3) is 0 Å². The van der Waals surface area contributed by atoms with Crippen LogP contribution in [0.1, 0.15) is 11.7 Å². The summed E-state index contributed by atoms with van der Waals surface area (Å²) in [5, 5.41) is 9.42. The van der Waals surface area contributed by atoms with Gasteiger partial charge < -0.3 is 9.84 Å². The highest BCUT2D eigenvalue weighted by molar-refractivity contribution is 9.10. The smallest absolute Gasteiger partial charge is 0.405 e. The molecule has 1 rings (SSSR count). The van der Waals surface area contributed by atoms with Gasteiger partial charge in [-0.2, -0.15) is 0 Å². The summed E-state index contributed by atoms with van der Waals surface area (Å²) in [4.78, 5) is 0. The van der Waals surface area contributed by atoms with Crippen molar-refractivity contribution < 1.29 is 23.0 Å². The van der Waals surface area contributed by atoms with Crippen LogP contribution in [-0.2, 0) is 0 Å². The van der Waals surface area contributed by atoms with E-state index < -0.39 is 18.2 Å². The molecule has 0 aromatic heterocycles. The van der Waals surface area contributed by atoms with Gasteiger partial charge in [-0.3, -0.25) is 0 Å². The maximum Gasteiger partial charge on any atom is 0.573 e. The van der Waals surface area contributed by atoms with Crippen LogP contribution in [0.15, 0.2) is 35.3 Å². The lowest BCUT2D eigenvalue weighted by Crippen LogP contribution is -2.18. The zero-order valence-corrected chi connectivity index (χ0v) is 9.55. The number of hydrogen-bond donors (Lipinski definition) is 1. The molecule has 0 bridgehead atoms. The van der Waals surface area contributed by atoms with Gasteiger partial charge in [0.15, 0.2) is 0 Å². The van der Waals surface area contributed by atoms with Gasteiger partial charge in [-0.05, 0) is 12.1 Å². The Balaban J connectivity index is 3.13. The first-order valence-corrected chi connectivity index (χ1v) is 4.98. The average Bonchev–Trinajstić information content (AvgIpc) is 2.14. The summed E-state index contributed by atoms with van der Waals surface area (Å²) in [6.45, 7) is 3.30. The van der Waals surface area contributed by atoms with Crippen molar-refractivity contribution >= 4 is 15.9 Å². The summed E-state index contributed by atoms with van der Waals surface area (Å²) in [5.41, 5.74) is 0.00975. The van der Waals surface area contributed by atoms with Gasteiger partial charge in [0.05, 0.1) is 0 Å². The normalized spacial score (nSPS) is 13.3. The first kappa shape index (κ1) is 13.1. The van der Waals surface area contributed by atoms with Crippen molar-refractivity contribution in [2.75, 3.05) is 0 Å². The molecule has 0 spiro atoms. The van der Waals surface area contributed by atoms with Crippen molar-refractivity contribution in [3.05, 3.63) is 40.9 Å². The van der Waals surface area contributed by atoms with Crippen molar-refractivity contribution in [1.82, 2.24) is 0 Å². The van der Waals surface area contributed by atoms with E-state index in [4.69, 9.17) is 0 Å². The predicted octanol–water partition coefficient (Wildman–Crippen LogP) is 3.57. The summed E-state index contributed by atoms with van der Waals surface area (Å²) in [5.74, 6) is -0.450. The Labute approximate surface area is 98.5 Å². The van der Waals surface area contributed by atoms with Gasteiger partial charge in [-0.25, -0.2) is 0 Å². The van der Waals surface area contributed by atoms with Crippen molar-refractivity contribution in [1.29, 1.82) is 0 Å². The second kappa shape index (κ2) is 4.88. The van der Waals surface area contributed by atoms with E-state index >= 15 is 0 Å². The summed E-state index contributed by atoms with van der Waals surface area (Å²) < 4.78 is 40.4. The fourth-order valence-electron chi connectivity index (χ4n) is 1.09. The topological polar surface area (TPSA) is 29.5 Å². The molecule has 0 aliphatic heterocycles. The molecule has 0 heterocycles. The molecule has 0 amide bonds. The molecule has 1 unspecified atom stereocenters. The van der Waals surface area contributed by atoms with Crippen LogP contribution in [-0.4, -0.2) is 11.5 Å². The van der Waals surface area contributed by atoms with E-state index in [-0.39, 0.29) is 5.56 Å². The Morgan fingerprint density at radius 3 is 2.56 bits per heavy atom. The van der Waals surface area contributed by atoms with E-state index in [0.29, 0.717) is 4.47 Å². The number of hydrogen-bond acceptors (Lipinski definition) is 2. The zero-order chi connectivity index (χ0) is 12.3. The Morgan fingerprint density at radius 1 is 1.44 bits per heavy atom. The summed E-state index contributed by atoms with van der Waals surface area (Å²) in [7, 11) is 0. The molecule has 0 saturated carbocycles. The highest BCUT2D eigenvalue weighted by Crippen LogP contribution is 2.33. The van der Waals surface area contributed by atoms with E-state index in [1.807, 2.05) is 0 Å². The van der Waals surface area contributed by atoms with Crippen LogP contribution in [0.3, 0.4) is 0 Å². The zero-order valence-electron chi connectivity index (χ0n) is 7.96. The molecule has 6 heteroatoms. The SMILES string of the molecule is C=CC(O)c1ccc(Br)cc1OC(F)(F)F. The highest BCUT2D eigenvalue weighted by atomic mass is 79.9. The largest absolute Gasteiger partial charge is 0.573 e. The van der Waals surface area contributed by atoms with Gasteiger partial charge in [0.25, 0.3) is 0 Å². The lowest BCUT2D eigenvalue weighted by molar-refractivity contribution is -0.275. The second-order valence-corrected chi connectivity index (χ2v) is 3.83. The van der Waals surface area contributed by atoms with Crippen molar-refractivity contribution in [3.8, 4) is 5.75 Å². The van der Waals surface area contributed by atoms with Crippen LogP contribution in [0.4, 0.5) is 13.2 Å². The first-order chi connectivity index (χ1) is 7.33. The quantitative estimate of drug-likeness (QED) is 0.864. The molecule has 1 atom stereocenters. The second-order valence-electron chi connectivity index (χ2n) is 2.91. The molecule has 0 aliphatic rings. The standard InChI is InChI=1S/C10H8BrF3O2/c1-2-8(15)7-4-3-6(11)5-9(7)16-10(12,13)14/h2-5,8,15H,1H2. The molecule has 0 fully saturated rings. The van der Waals surface area contributed by atoms with Crippen LogP contribution >= 0.6 is 15.9 Å². The van der Waals surface area contributed by atoms with Crippen molar-refractivity contribution in [2.24, 2.45) is 0 Å². The number of ether oxygens (including phenoxy) is 1. The summed E-state index contributed by atoms with van der Waals surface area (Å²) in [6, 6.07) is 3.97. The number of aliphatic hydroxyl groups is 1. The van der Waals surface area contributed by atoms with Crippen LogP contribution < -0.4 is 4.74 Å². The number of alkyl halides is 3. The number of aliphatic hydroxyl groups excluding tert-OH is 1. The molecule has 1 aromatic carbocycles. The summed E-state index contributed by atoms with van der Waals surface area (Å²) in [6.07, 6.45) is -4.88. The third kappa shape index (κ3) is 3.53. The molecule has 16 heavy (non-hydrogen) atoms. The molecule has 0 aliphatic carbocycles. The van der Waals surface area contributed by atoms with Crippen molar-refractivity contribution in [2.45, 2.75) is 12.5 Å². The molecule has 1 N–H and O–H groups in total. The first-order valence-electron chi connectivity index (χ1n) is 4.19. The van der Waals surface area contributed by atoms with E-state index in [2.05, 4.69) is 27.2 Å². The minimum atomic E-state index is -4.80. The molecule has 0 radical (unpaired) electrons. The van der Waals surface area contributed by atoms with Crippen LogP contribution in [0.2, 0.25) is 0 Å². The average molecular weight is 297 g/mol. The van der Waals surface area contributed by atoms with E-state index in [1.54, 1.807) is 0 Å². The summed E-state index contributed by atoms with van der Waals surface area (Å²) >= 11 is 3.02. The molecule has 1 aromatic rings. The number of halogens is 4. The maximum absolute atomic E-state index is 12.1. The lowest BCUT2D eigenvalue weighted by atomic mass is 10.1. The van der Waals surface area contributed by atoms with Gasteiger partial charge in [0.2, 0.25) is 0 Å². The number of benzene rings is 1. The van der Waals surface area contributed by atoms with Gasteiger partial charge >= 0.3 is 6.36 Å². The third-order valence-electron chi connectivity index (χ3n) is 1.74. The number of rotatable bonds is 3. The van der Waals surface area contributed by atoms with Crippen LogP contribution in [0.5, 0.6) is 5.75 Å². The molecular weight excluding hydrogens is 289 g/mol. The molecule has 2 nitrogen and oxygen atoms in total. The fraction of sp³-hybridized carbons (Fsp3) is 0.200. The maximum atomic E-state index is 12.1. The van der Waals surface area contributed by atoms with Gasteiger partial charge in [0.1, 0.15) is 11.9 Å². The predicted molar refractivity (Wildman–Crippen MR) is 56.0 cm³/mol. The minimum absolute atomic E-state index is 0.00975.